The van der Waals surface area contributed by atoms with Gasteiger partial charge in [-0.2, -0.15) is 0 Å². The molecule has 0 bridgehead atoms. The summed E-state index contributed by atoms with van der Waals surface area (Å²) in [5.74, 6) is -0.585. The van der Waals surface area contributed by atoms with E-state index in [2.05, 4.69) is 4.74 Å². The smallest absolute Gasteiger partial charge is 0.335 e. The fourth-order valence-corrected chi connectivity index (χ4v) is 2.48. The van der Waals surface area contributed by atoms with E-state index >= 15 is 0 Å². The Morgan fingerprint density at radius 2 is 2.12 bits per heavy atom. The first kappa shape index (κ1) is 18.0. The highest BCUT2D eigenvalue weighted by Gasteiger charge is 2.37. The molecule has 1 aromatic carbocycles. The SMILES string of the molecule is COC(=O)[C@@H]1C[C@H](OC(C)=O)C[C@H](Oc2ccc(CO)c(N)c2)O1. The summed E-state index contributed by atoms with van der Waals surface area (Å²) in [7, 11) is 1.26. The highest BCUT2D eigenvalue weighted by Crippen LogP contribution is 2.27. The quantitative estimate of drug-likeness (QED) is 0.596. The van der Waals surface area contributed by atoms with E-state index in [-0.39, 0.29) is 19.4 Å². The van der Waals surface area contributed by atoms with Crippen molar-refractivity contribution in [3.63, 3.8) is 0 Å². The Morgan fingerprint density at radius 3 is 2.71 bits per heavy atom. The third kappa shape index (κ3) is 4.59. The number of esters is 2. The Morgan fingerprint density at radius 1 is 1.38 bits per heavy atom. The van der Waals surface area contributed by atoms with E-state index in [9.17, 15) is 9.59 Å². The lowest BCUT2D eigenvalue weighted by atomic mass is 10.0. The average molecular weight is 339 g/mol. The van der Waals surface area contributed by atoms with Gasteiger partial charge in [0, 0.05) is 37.1 Å². The van der Waals surface area contributed by atoms with Crippen LogP contribution in [-0.2, 0) is 30.4 Å². The van der Waals surface area contributed by atoms with Crippen molar-refractivity contribution in [2.75, 3.05) is 12.8 Å². The molecule has 0 unspecified atom stereocenters. The van der Waals surface area contributed by atoms with Crippen LogP contribution in [0.2, 0.25) is 0 Å². The number of methoxy groups -OCH3 is 1. The van der Waals surface area contributed by atoms with Crippen LogP contribution in [0.15, 0.2) is 18.2 Å². The minimum Gasteiger partial charge on any atom is -0.467 e. The number of aliphatic hydroxyl groups is 1. The molecule has 0 saturated carbocycles. The second kappa shape index (κ2) is 7.98. The van der Waals surface area contributed by atoms with Gasteiger partial charge in [0.15, 0.2) is 6.10 Å². The van der Waals surface area contributed by atoms with Crippen molar-refractivity contribution < 1.29 is 33.6 Å². The van der Waals surface area contributed by atoms with Crippen LogP contribution in [0.25, 0.3) is 0 Å². The molecule has 0 spiro atoms. The van der Waals surface area contributed by atoms with Crippen molar-refractivity contribution in [2.45, 2.75) is 44.9 Å². The summed E-state index contributed by atoms with van der Waals surface area (Å²) in [6.07, 6.45) is -1.72. The van der Waals surface area contributed by atoms with Crippen molar-refractivity contribution in [1.29, 1.82) is 0 Å². The van der Waals surface area contributed by atoms with E-state index < -0.39 is 30.4 Å². The van der Waals surface area contributed by atoms with Gasteiger partial charge in [0.05, 0.1) is 13.7 Å². The van der Waals surface area contributed by atoms with Crippen LogP contribution in [0.1, 0.15) is 25.3 Å². The summed E-state index contributed by atoms with van der Waals surface area (Å²) in [5, 5.41) is 9.13. The molecule has 3 atom stereocenters. The van der Waals surface area contributed by atoms with Gasteiger partial charge in [0.25, 0.3) is 0 Å². The van der Waals surface area contributed by atoms with Crippen LogP contribution in [0.5, 0.6) is 5.75 Å². The maximum atomic E-state index is 11.7. The lowest BCUT2D eigenvalue weighted by Crippen LogP contribution is -2.44. The molecule has 1 aromatic rings. The first-order valence-corrected chi connectivity index (χ1v) is 7.49. The number of nitrogen functional groups attached to an aromatic ring is 1. The molecular formula is C16H21NO7. The third-order valence-electron chi connectivity index (χ3n) is 3.60. The molecule has 24 heavy (non-hydrogen) atoms. The second-order valence-electron chi connectivity index (χ2n) is 5.42. The van der Waals surface area contributed by atoms with Crippen molar-refractivity contribution in [3.05, 3.63) is 23.8 Å². The van der Waals surface area contributed by atoms with Crippen LogP contribution in [0.3, 0.4) is 0 Å². The zero-order chi connectivity index (χ0) is 17.7. The minimum absolute atomic E-state index is 0.176. The van der Waals surface area contributed by atoms with Crippen LogP contribution >= 0.6 is 0 Å². The molecule has 0 amide bonds. The summed E-state index contributed by atoms with van der Waals surface area (Å²) < 4.78 is 21.1. The highest BCUT2D eigenvalue weighted by atomic mass is 16.7. The van der Waals surface area contributed by atoms with Gasteiger partial charge in [-0.3, -0.25) is 4.79 Å². The molecule has 0 aromatic heterocycles. The van der Waals surface area contributed by atoms with Gasteiger partial charge in [-0.15, -0.1) is 0 Å². The number of benzene rings is 1. The number of ether oxygens (including phenoxy) is 4. The average Bonchev–Trinajstić information content (AvgIpc) is 2.53. The Balaban J connectivity index is 2.10. The largest absolute Gasteiger partial charge is 0.467 e. The number of anilines is 1. The monoisotopic (exact) mass is 339 g/mol. The van der Waals surface area contributed by atoms with Gasteiger partial charge in [-0.1, -0.05) is 6.07 Å². The molecule has 0 radical (unpaired) electrons. The number of rotatable bonds is 5. The molecule has 2 rings (SSSR count). The Hall–Kier alpha value is -2.32. The Kier molecular flexibility index (Phi) is 5.99. The van der Waals surface area contributed by atoms with Crippen LogP contribution < -0.4 is 10.5 Å². The Labute approximate surface area is 139 Å². The van der Waals surface area contributed by atoms with Crippen molar-refractivity contribution in [3.8, 4) is 5.75 Å². The summed E-state index contributed by atoms with van der Waals surface area (Å²) in [6, 6.07) is 4.82. The van der Waals surface area contributed by atoms with Crippen molar-refractivity contribution in [2.24, 2.45) is 0 Å². The molecule has 1 saturated heterocycles. The summed E-state index contributed by atoms with van der Waals surface area (Å²) in [5.41, 5.74) is 6.77. The van der Waals surface area contributed by atoms with Crippen LogP contribution in [0, 0.1) is 0 Å². The maximum absolute atomic E-state index is 11.7. The normalized spacial score (nSPS) is 23.4. The first-order chi connectivity index (χ1) is 11.4. The van der Waals surface area contributed by atoms with E-state index in [1.54, 1.807) is 18.2 Å². The van der Waals surface area contributed by atoms with E-state index in [1.165, 1.54) is 14.0 Å². The molecule has 3 N–H and O–H groups in total. The van der Waals surface area contributed by atoms with Crippen molar-refractivity contribution in [1.82, 2.24) is 0 Å². The van der Waals surface area contributed by atoms with Crippen LogP contribution in [-0.4, -0.2) is 42.7 Å². The van der Waals surface area contributed by atoms with Gasteiger partial charge in [0.1, 0.15) is 11.9 Å². The van der Waals surface area contributed by atoms with E-state index in [0.29, 0.717) is 17.0 Å². The number of carbonyl (C=O) groups is 2. The molecule has 1 aliphatic rings. The predicted molar refractivity (Wildman–Crippen MR) is 82.9 cm³/mol. The zero-order valence-corrected chi connectivity index (χ0v) is 13.6. The molecule has 0 aliphatic carbocycles. The maximum Gasteiger partial charge on any atom is 0.335 e. The van der Waals surface area contributed by atoms with Crippen LogP contribution in [0.4, 0.5) is 5.69 Å². The molecule has 1 fully saturated rings. The summed E-state index contributed by atoms with van der Waals surface area (Å²) >= 11 is 0. The van der Waals surface area contributed by atoms with Gasteiger partial charge < -0.3 is 29.8 Å². The number of hydrogen-bond donors (Lipinski definition) is 2. The molecule has 1 aliphatic heterocycles. The fraction of sp³-hybridized carbons (Fsp3) is 0.500. The van der Waals surface area contributed by atoms with E-state index in [1.807, 2.05) is 0 Å². The zero-order valence-electron chi connectivity index (χ0n) is 13.6. The fourth-order valence-electron chi connectivity index (χ4n) is 2.48. The van der Waals surface area contributed by atoms with E-state index in [4.69, 9.17) is 25.1 Å². The lowest BCUT2D eigenvalue weighted by molar-refractivity contribution is -0.204. The molecule has 8 heteroatoms. The number of hydrogen-bond acceptors (Lipinski definition) is 8. The number of nitrogens with two attached hydrogens (primary N) is 1. The molecule has 8 nitrogen and oxygen atoms in total. The van der Waals surface area contributed by atoms with Gasteiger partial charge in [0.2, 0.25) is 6.29 Å². The van der Waals surface area contributed by atoms with Gasteiger partial charge in [-0.25, -0.2) is 4.79 Å². The highest BCUT2D eigenvalue weighted by molar-refractivity contribution is 5.74. The van der Waals surface area contributed by atoms with Crippen molar-refractivity contribution >= 4 is 17.6 Å². The predicted octanol–water partition coefficient (Wildman–Crippen LogP) is 0.750. The second-order valence-corrected chi connectivity index (χ2v) is 5.42. The molecular weight excluding hydrogens is 318 g/mol. The van der Waals surface area contributed by atoms with E-state index in [0.717, 1.165) is 0 Å². The number of carbonyl (C=O) groups excluding carboxylic acids is 2. The molecule has 1 heterocycles. The third-order valence-corrected chi connectivity index (χ3v) is 3.60. The summed E-state index contributed by atoms with van der Waals surface area (Å²) in [6.45, 7) is 1.12. The topological polar surface area (TPSA) is 117 Å². The lowest BCUT2D eigenvalue weighted by Gasteiger charge is -2.33. The minimum atomic E-state index is -0.882. The molecule has 132 valence electrons. The van der Waals surface area contributed by atoms with Gasteiger partial charge >= 0.3 is 11.9 Å². The summed E-state index contributed by atoms with van der Waals surface area (Å²) in [4.78, 5) is 22.9. The number of aliphatic hydroxyl groups excluding tert-OH is 1. The van der Waals surface area contributed by atoms with Gasteiger partial charge in [-0.05, 0) is 6.07 Å². The standard InChI is InChI=1S/C16H21NO7/c1-9(19)22-12-6-14(16(20)21-2)24-15(7-12)23-11-4-3-10(8-18)13(17)5-11/h3-5,12,14-15,18H,6-8,17H2,1-2H3/t12-,14-,15+/m0/s1. The Bertz CT molecular complexity index is 604. The first-order valence-electron chi connectivity index (χ1n) is 7.49.